The van der Waals surface area contributed by atoms with Gasteiger partial charge in [0.1, 0.15) is 25.4 Å². The summed E-state index contributed by atoms with van der Waals surface area (Å²) in [5, 5.41) is 20.6. The van der Waals surface area contributed by atoms with Crippen molar-refractivity contribution in [2.24, 2.45) is 0 Å². The Kier molecular flexibility index (Phi) is 68.3. The number of phosphoric acid groups is 2. The highest BCUT2D eigenvalue weighted by molar-refractivity contribution is 7.47. The van der Waals surface area contributed by atoms with E-state index in [1.165, 1.54) is 89.9 Å². The predicted octanol–water partition coefficient (Wildman–Crippen LogP) is 21.5. The second kappa shape index (κ2) is 71.5. The van der Waals surface area contributed by atoms with Crippen molar-refractivity contribution in [3.63, 3.8) is 0 Å². The molecule has 0 aliphatic rings. The van der Waals surface area contributed by atoms with Gasteiger partial charge in [0.2, 0.25) is 0 Å². The maximum absolute atomic E-state index is 12.9. The number of hydrogen-bond donors (Lipinski definition) is 4. The van der Waals surface area contributed by atoms with Gasteiger partial charge in [0.25, 0.3) is 0 Å². The molecule has 0 aliphatic carbocycles. The molecule has 0 spiro atoms. The molecule has 0 heterocycles. The minimum Gasteiger partial charge on any atom is -0.463 e. The van der Waals surface area contributed by atoms with E-state index in [0.29, 0.717) is 19.3 Å². The largest absolute Gasteiger partial charge is 0.472 e. The van der Waals surface area contributed by atoms with Gasteiger partial charge >= 0.3 is 33.6 Å². The van der Waals surface area contributed by atoms with Gasteiger partial charge in [-0.3, -0.25) is 32.5 Å². The highest BCUT2D eigenvalue weighted by atomic mass is 31.2. The van der Waals surface area contributed by atoms with Crippen LogP contribution < -0.4 is 0 Å². The van der Waals surface area contributed by atoms with E-state index in [-0.39, 0.29) is 19.3 Å². The fourth-order valence-electron chi connectivity index (χ4n) is 9.66. The highest BCUT2D eigenvalue weighted by Crippen LogP contribution is 2.45. The third kappa shape index (κ3) is 72.8. The van der Waals surface area contributed by atoms with Crippen LogP contribution in [0.1, 0.15) is 290 Å². The summed E-state index contributed by atoms with van der Waals surface area (Å²) in [7, 11) is -9.79. The number of carbonyl (C=O) groups excluding carboxylic acids is 3. The monoisotopic (exact) mass is 1400 g/mol. The number of allylic oxidation sites excluding steroid dienone is 22. The average molecular weight is 1400 g/mol. The van der Waals surface area contributed by atoms with Crippen LogP contribution in [0.25, 0.3) is 0 Å². The zero-order valence-corrected chi connectivity index (χ0v) is 62.2. The second-order valence-electron chi connectivity index (χ2n) is 24.7. The van der Waals surface area contributed by atoms with Gasteiger partial charge in [-0.25, -0.2) is 9.13 Å². The lowest BCUT2D eigenvalue weighted by atomic mass is 10.0. The van der Waals surface area contributed by atoms with Crippen LogP contribution in [0.5, 0.6) is 0 Å². The van der Waals surface area contributed by atoms with Crippen molar-refractivity contribution < 1.29 is 75.8 Å². The molecule has 4 N–H and O–H groups in total. The van der Waals surface area contributed by atoms with Gasteiger partial charge in [0.15, 0.2) is 6.10 Å². The standard InChI is InChI=1S/C79H134O16P2/c1-4-7-10-13-16-19-22-24-26-28-30-31-32-33-34-35-36-37-38-39-40-41-43-45-46-48-51-53-56-59-62-65-77(82)89-68-74(80)69-91-96(85,86)92-70-75(81)71-93-97(87,88)94-73-76(95-79(84)67-64-61-58-55-50-21-18-15-12-9-6-3)72-90-78(83)66-63-60-57-54-52-49-47-44-42-29-27-25-23-20-17-14-11-8-5-2/h7-8,10-11,15-20,24-27,30-31,33-34,42,44,49,52,74-76,80-81H,4-6,9,12-14,21-23,28-29,32,35-41,43,45-48,50-51,53-73H2,1-3H3,(H,85,86)(H,87,88)/b10-7-,11-8-,18-15-,19-16-,20-17-,26-24-,27-25-,31-30-,34-33-,44-42-,52-49-. The van der Waals surface area contributed by atoms with Crippen LogP contribution in [0.3, 0.4) is 0 Å². The molecule has 0 aliphatic heterocycles. The normalized spacial score (nSPS) is 14.8. The van der Waals surface area contributed by atoms with E-state index in [0.717, 1.165) is 141 Å². The zero-order valence-electron chi connectivity index (χ0n) is 60.5. The van der Waals surface area contributed by atoms with Crippen molar-refractivity contribution in [2.75, 3.05) is 39.6 Å². The summed E-state index contributed by atoms with van der Waals surface area (Å²) >= 11 is 0. The molecular weight excluding hydrogens is 1270 g/mol. The summed E-state index contributed by atoms with van der Waals surface area (Å²) in [4.78, 5) is 58.4. The SMILES string of the molecule is CC/C=C\C/C=C\C/C=C\C/C=C\C/C=C\CCCCCCCCCCCCCCCCCC(=O)OCC(O)COP(=O)(O)OCC(O)COP(=O)(O)OCC(COC(=O)CCCCC/C=C\C/C=C\C/C=C\C/C=C\C/C=C\CC)OC(=O)CCCCCCC/C=C\CCCC. The predicted molar refractivity (Wildman–Crippen MR) is 399 cm³/mol. The number of aliphatic hydroxyl groups excluding tert-OH is 2. The summed E-state index contributed by atoms with van der Waals surface area (Å²) in [6.07, 6.45) is 85.3. The molecular formula is C79H134O16P2. The van der Waals surface area contributed by atoms with Gasteiger partial charge in [0, 0.05) is 19.3 Å². The molecule has 5 unspecified atom stereocenters. The average Bonchev–Trinajstić information content (AvgIpc) is 2.81. The Morgan fingerprint density at radius 1 is 0.299 bits per heavy atom. The molecule has 0 aromatic rings. The van der Waals surface area contributed by atoms with Gasteiger partial charge < -0.3 is 34.2 Å². The molecule has 0 saturated carbocycles. The minimum atomic E-state index is -4.93. The van der Waals surface area contributed by atoms with E-state index in [2.05, 4.69) is 154 Å². The number of unbranched alkanes of at least 4 members (excludes halogenated alkanes) is 25. The Balaban J connectivity index is 4.42. The summed E-state index contributed by atoms with van der Waals surface area (Å²) < 4.78 is 60.9. The van der Waals surface area contributed by atoms with E-state index >= 15 is 0 Å². The number of hydrogen-bond acceptors (Lipinski definition) is 14. The van der Waals surface area contributed by atoms with E-state index in [9.17, 15) is 43.5 Å². The Labute approximate surface area is 588 Å². The quantitative estimate of drug-likeness (QED) is 0.0146. The van der Waals surface area contributed by atoms with Crippen molar-refractivity contribution in [3.05, 3.63) is 134 Å². The Hall–Kier alpha value is -4.31. The van der Waals surface area contributed by atoms with Gasteiger partial charge in [0.05, 0.1) is 26.4 Å². The van der Waals surface area contributed by atoms with E-state index < -0.39 is 91.5 Å². The minimum absolute atomic E-state index is 0.0840. The van der Waals surface area contributed by atoms with Crippen molar-refractivity contribution >= 4 is 33.6 Å². The number of ether oxygens (including phenoxy) is 3. The Morgan fingerprint density at radius 3 is 0.887 bits per heavy atom. The van der Waals surface area contributed by atoms with Crippen molar-refractivity contribution in [3.8, 4) is 0 Å². The smallest absolute Gasteiger partial charge is 0.463 e. The fraction of sp³-hybridized carbons (Fsp3) is 0.684. The number of phosphoric ester groups is 2. The lowest BCUT2D eigenvalue weighted by Gasteiger charge is -2.21. The Morgan fingerprint density at radius 2 is 0.546 bits per heavy atom. The van der Waals surface area contributed by atoms with E-state index in [1.807, 2.05) is 0 Å². The van der Waals surface area contributed by atoms with Gasteiger partial charge in [-0.2, -0.15) is 0 Å². The molecule has 0 amide bonds. The molecule has 0 bridgehead atoms. The fourth-order valence-corrected chi connectivity index (χ4v) is 11.2. The highest BCUT2D eigenvalue weighted by Gasteiger charge is 2.29. The second-order valence-corrected chi connectivity index (χ2v) is 27.6. The van der Waals surface area contributed by atoms with Gasteiger partial charge in [-0.1, -0.05) is 276 Å². The first-order valence-electron chi connectivity index (χ1n) is 37.5. The lowest BCUT2D eigenvalue weighted by Crippen LogP contribution is -2.30. The number of esters is 3. The van der Waals surface area contributed by atoms with Crippen LogP contribution in [0.4, 0.5) is 0 Å². The number of aliphatic hydroxyl groups is 2. The molecule has 97 heavy (non-hydrogen) atoms. The lowest BCUT2D eigenvalue weighted by molar-refractivity contribution is -0.161. The zero-order chi connectivity index (χ0) is 70.9. The maximum atomic E-state index is 12.9. The van der Waals surface area contributed by atoms with Crippen molar-refractivity contribution in [1.82, 2.24) is 0 Å². The molecule has 556 valence electrons. The van der Waals surface area contributed by atoms with Crippen LogP contribution in [0.15, 0.2) is 134 Å². The van der Waals surface area contributed by atoms with Gasteiger partial charge in [-0.05, 0) is 128 Å². The summed E-state index contributed by atoms with van der Waals surface area (Å²) in [6.45, 7) is 2.35. The first kappa shape index (κ1) is 92.7. The molecule has 16 nitrogen and oxygen atoms in total. The maximum Gasteiger partial charge on any atom is 0.472 e. The molecule has 0 aromatic carbocycles. The van der Waals surface area contributed by atoms with Gasteiger partial charge in [-0.15, -0.1) is 0 Å². The third-order valence-corrected chi connectivity index (χ3v) is 17.2. The molecule has 5 atom stereocenters. The summed E-state index contributed by atoms with van der Waals surface area (Å²) in [5.41, 5.74) is 0. The molecule has 0 radical (unpaired) electrons. The molecule has 0 rings (SSSR count). The topological polar surface area (TPSA) is 231 Å². The summed E-state index contributed by atoms with van der Waals surface area (Å²) in [6, 6.07) is 0. The Bertz CT molecular complexity index is 2300. The van der Waals surface area contributed by atoms with Crippen LogP contribution in [0, 0.1) is 0 Å². The number of rotatable bonds is 70. The summed E-state index contributed by atoms with van der Waals surface area (Å²) in [5.74, 6) is -1.63. The number of carbonyl (C=O) groups is 3. The first-order chi connectivity index (χ1) is 47.2. The molecule has 18 heteroatoms. The van der Waals surface area contributed by atoms with Crippen LogP contribution >= 0.6 is 15.6 Å². The molecule has 0 fully saturated rings. The van der Waals surface area contributed by atoms with Crippen LogP contribution in [-0.2, 0) is 55.8 Å². The molecule has 0 saturated heterocycles. The third-order valence-electron chi connectivity index (χ3n) is 15.3. The van der Waals surface area contributed by atoms with Crippen molar-refractivity contribution in [1.29, 1.82) is 0 Å². The molecule has 0 aromatic heterocycles. The van der Waals surface area contributed by atoms with Crippen molar-refractivity contribution in [2.45, 2.75) is 309 Å². The van der Waals surface area contributed by atoms with E-state index in [4.69, 9.17) is 32.3 Å². The van der Waals surface area contributed by atoms with E-state index in [1.54, 1.807) is 0 Å². The van der Waals surface area contributed by atoms with Crippen LogP contribution in [-0.4, -0.2) is 95.9 Å². The van der Waals surface area contributed by atoms with Crippen LogP contribution in [0.2, 0.25) is 0 Å². The first-order valence-corrected chi connectivity index (χ1v) is 40.5.